The first-order chi connectivity index (χ1) is 18.7. The zero-order valence-corrected chi connectivity index (χ0v) is 23.9. The smallest absolute Gasteiger partial charge is 0.407 e. The topological polar surface area (TPSA) is 118 Å². The van der Waals surface area contributed by atoms with Gasteiger partial charge in [-0.15, -0.1) is 0 Å². The van der Waals surface area contributed by atoms with Gasteiger partial charge in [0.1, 0.15) is 5.60 Å². The van der Waals surface area contributed by atoms with Crippen molar-refractivity contribution in [3.05, 3.63) is 64.9 Å². The summed E-state index contributed by atoms with van der Waals surface area (Å²) in [6.45, 7) is 6.18. The van der Waals surface area contributed by atoms with Gasteiger partial charge in [0.15, 0.2) is 5.65 Å². The quantitative estimate of drug-likeness (QED) is 0.246. The van der Waals surface area contributed by atoms with E-state index in [-0.39, 0.29) is 18.2 Å². The third kappa shape index (κ3) is 7.03. The summed E-state index contributed by atoms with van der Waals surface area (Å²) in [4.78, 5) is 26.0. The van der Waals surface area contributed by atoms with Crippen molar-refractivity contribution in [2.24, 2.45) is 0 Å². The Morgan fingerprint density at radius 3 is 2.49 bits per heavy atom. The van der Waals surface area contributed by atoms with Gasteiger partial charge >= 0.3 is 6.09 Å². The minimum absolute atomic E-state index is 0.103. The van der Waals surface area contributed by atoms with Gasteiger partial charge in [-0.3, -0.25) is 4.98 Å². The Hall–Kier alpha value is -3.73. The monoisotopic (exact) mass is 592 g/mol. The van der Waals surface area contributed by atoms with Gasteiger partial charge in [-0.2, -0.15) is 19.6 Å². The van der Waals surface area contributed by atoms with Gasteiger partial charge in [0.05, 0.1) is 16.4 Å². The van der Waals surface area contributed by atoms with Crippen molar-refractivity contribution < 1.29 is 9.53 Å². The Morgan fingerprint density at radius 1 is 1.05 bits per heavy atom. The maximum atomic E-state index is 12.1. The van der Waals surface area contributed by atoms with Crippen LogP contribution in [0.4, 0.5) is 16.7 Å². The molecule has 0 aliphatic heterocycles. The molecular formula is C28H33BrN8O2. The second-order valence-electron chi connectivity index (χ2n) is 10.7. The molecule has 1 aliphatic rings. The van der Waals surface area contributed by atoms with Gasteiger partial charge in [-0.1, -0.05) is 30.3 Å². The number of aromatic nitrogens is 5. The SMILES string of the molecule is CC(C)(C)OC(=O)NC1CCC(Nc2nc(NCc3ccc(-c4ccccn4)cc3)n3ncc(Br)c3n2)CC1. The Kier molecular flexibility index (Phi) is 7.97. The molecule has 0 atom stereocenters. The van der Waals surface area contributed by atoms with E-state index in [1.54, 1.807) is 16.9 Å². The highest BCUT2D eigenvalue weighted by molar-refractivity contribution is 9.10. The highest BCUT2D eigenvalue weighted by Gasteiger charge is 2.25. The lowest BCUT2D eigenvalue weighted by Crippen LogP contribution is -2.42. The fourth-order valence-electron chi connectivity index (χ4n) is 4.58. The molecular weight excluding hydrogens is 560 g/mol. The molecule has 1 amide bonds. The molecule has 39 heavy (non-hydrogen) atoms. The van der Waals surface area contributed by atoms with Gasteiger partial charge < -0.3 is 20.7 Å². The number of benzene rings is 1. The summed E-state index contributed by atoms with van der Waals surface area (Å²) in [5.74, 6) is 1.14. The zero-order chi connectivity index (χ0) is 27.4. The van der Waals surface area contributed by atoms with Crippen molar-refractivity contribution in [3.8, 4) is 11.3 Å². The van der Waals surface area contributed by atoms with Crippen LogP contribution in [-0.4, -0.2) is 48.3 Å². The van der Waals surface area contributed by atoms with Crippen molar-refractivity contribution in [2.75, 3.05) is 10.6 Å². The fraction of sp³-hybridized carbons (Fsp3) is 0.393. The van der Waals surface area contributed by atoms with Crippen LogP contribution in [-0.2, 0) is 11.3 Å². The third-order valence-electron chi connectivity index (χ3n) is 6.47. The average molecular weight is 594 g/mol. The number of anilines is 2. The maximum absolute atomic E-state index is 12.1. The van der Waals surface area contributed by atoms with Crippen LogP contribution in [0, 0.1) is 0 Å². The van der Waals surface area contributed by atoms with E-state index in [0.717, 1.165) is 47.0 Å². The maximum Gasteiger partial charge on any atom is 0.407 e. The number of alkyl carbamates (subject to hydrolysis) is 1. The number of rotatable bonds is 7. The van der Waals surface area contributed by atoms with Crippen molar-refractivity contribution in [3.63, 3.8) is 0 Å². The molecule has 11 heteroatoms. The predicted octanol–water partition coefficient (Wildman–Crippen LogP) is 5.81. The zero-order valence-electron chi connectivity index (χ0n) is 22.3. The van der Waals surface area contributed by atoms with Crippen molar-refractivity contribution in [1.82, 2.24) is 29.9 Å². The average Bonchev–Trinajstić information content (AvgIpc) is 3.29. The lowest BCUT2D eigenvalue weighted by molar-refractivity contribution is 0.0492. The molecule has 1 aliphatic carbocycles. The standard InChI is InChI=1S/C28H33BrN8O2/c1-28(2,3)39-27(38)34-21-13-11-20(12-14-21)33-25-35-24-22(29)17-32-37(24)26(36-25)31-16-18-7-9-19(10-8-18)23-6-4-5-15-30-23/h4-10,15,17,20-21H,11-14,16H2,1-3H3,(H,34,38)(H2,31,33,35,36). The molecule has 3 heterocycles. The minimum atomic E-state index is -0.504. The number of nitrogens with one attached hydrogen (secondary N) is 3. The number of carbonyl (C=O) groups is 1. The van der Waals surface area contributed by atoms with Crippen LogP contribution in [0.2, 0.25) is 0 Å². The number of hydrogen-bond donors (Lipinski definition) is 3. The molecule has 0 radical (unpaired) electrons. The molecule has 1 fully saturated rings. The second kappa shape index (κ2) is 11.6. The predicted molar refractivity (Wildman–Crippen MR) is 155 cm³/mol. The molecule has 1 aromatic carbocycles. The molecule has 3 N–H and O–H groups in total. The van der Waals surface area contributed by atoms with Gasteiger partial charge in [0, 0.05) is 30.4 Å². The Balaban J connectivity index is 1.22. The summed E-state index contributed by atoms with van der Waals surface area (Å²) in [5.41, 5.74) is 3.30. The van der Waals surface area contributed by atoms with E-state index >= 15 is 0 Å². The molecule has 204 valence electrons. The number of hydrogen-bond acceptors (Lipinski definition) is 8. The van der Waals surface area contributed by atoms with Crippen LogP contribution < -0.4 is 16.0 Å². The van der Waals surface area contributed by atoms with Crippen LogP contribution in [0.3, 0.4) is 0 Å². The van der Waals surface area contributed by atoms with Gasteiger partial charge in [-0.25, -0.2) is 4.79 Å². The highest BCUT2D eigenvalue weighted by Crippen LogP contribution is 2.25. The number of carbonyl (C=O) groups excluding carboxylic acids is 1. The normalized spacial score (nSPS) is 17.5. The van der Waals surface area contributed by atoms with Crippen LogP contribution >= 0.6 is 15.9 Å². The lowest BCUT2D eigenvalue weighted by Gasteiger charge is -2.30. The number of pyridine rings is 1. The van der Waals surface area contributed by atoms with Crippen molar-refractivity contribution >= 4 is 39.6 Å². The molecule has 10 nitrogen and oxygen atoms in total. The van der Waals surface area contributed by atoms with Crippen LogP contribution in [0.15, 0.2) is 59.3 Å². The largest absolute Gasteiger partial charge is 0.444 e. The summed E-state index contributed by atoms with van der Waals surface area (Å²) < 4.78 is 7.88. The van der Waals surface area contributed by atoms with Crippen molar-refractivity contribution in [2.45, 2.75) is 70.7 Å². The summed E-state index contributed by atoms with van der Waals surface area (Å²) >= 11 is 3.55. The van der Waals surface area contributed by atoms with Crippen molar-refractivity contribution in [1.29, 1.82) is 0 Å². The Labute approximate surface area is 236 Å². The number of fused-ring (bicyclic) bond motifs is 1. The molecule has 0 bridgehead atoms. The first kappa shape index (κ1) is 26.9. The van der Waals surface area contributed by atoms with E-state index in [0.29, 0.717) is 24.1 Å². The third-order valence-corrected chi connectivity index (χ3v) is 7.03. The summed E-state index contributed by atoms with van der Waals surface area (Å²) in [7, 11) is 0. The minimum Gasteiger partial charge on any atom is -0.444 e. The van der Waals surface area contributed by atoms with E-state index in [1.165, 1.54) is 0 Å². The van der Waals surface area contributed by atoms with E-state index < -0.39 is 5.60 Å². The number of halogens is 1. The first-order valence-corrected chi connectivity index (χ1v) is 13.9. The molecule has 3 aromatic heterocycles. The molecule has 5 rings (SSSR count). The van der Waals surface area contributed by atoms with E-state index in [2.05, 4.69) is 66.2 Å². The van der Waals surface area contributed by atoms with E-state index in [9.17, 15) is 4.79 Å². The van der Waals surface area contributed by atoms with Crippen LogP contribution in [0.5, 0.6) is 0 Å². The summed E-state index contributed by atoms with van der Waals surface area (Å²) in [6.07, 6.45) is 6.64. The summed E-state index contributed by atoms with van der Waals surface area (Å²) in [6, 6.07) is 14.5. The number of ether oxygens (including phenoxy) is 1. The van der Waals surface area contributed by atoms with Crippen LogP contribution in [0.25, 0.3) is 16.9 Å². The Bertz CT molecular complexity index is 1410. The fourth-order valence-corrected chi connectivity index (χ4v) is 4.92. The number of nitrogens with zero attached hydrogens (tertiary/aromatic N) is 5. The molecule has 0 saturated heterocycles. The first-order valence-electron chi connectivity index (χ1n) is 13.1. The lowest BCUT2D eigenvalue weighted by atomic mass is 9.91. The molecule has 0 spiro atoms. The Morgan fingerprint density at radius 2 is 1.79 bits per heavy atom. The van der Waals surface area contributed by atoms with Gasteiger partial charge in [0.25, 0.3) is 0 Å². The number of amides is 1. The second-order valence-corrected chi connectivity index (χ2v) is 11.6. The molecule has 1 saturated carbocycles. The van der Waals surface area contributed by atoms with E-state index in [4.69, 9.17) is 14.7 Å². The van der Waals surface area contributed by atoms with Gasteiger partial charge in [-0.05, 0) is 80.1 Å². The van der Waals surface area contributed by atoms with Gasteiger partial charge in [0.2, 0.25) is 11.9 Å². The molecule has 0 unspecified atom stereocenters. The highest BCUT2D eigenvalue weighted by atomic mass is 79.9. The summed E-state index contributed by atoms with van der Waals surface area (Å²) in [5, 5.41) is 14.3. The van der Waals surface area contributed by atoms with Crippen LogP contribution in [0.1, 0.15) is 52.0 Å². The van der Waals surface area contributed by atoms with E-state index in [1.807, 2.05) is 39.0 Å². The molecule has 4 aromatic rings.